The molecule has 1 unspecified atom stereocenters. The topological polar surface area (TPSA) is 105 Å². The van der Waals surface area contributed by atoms with Gasteiger partial charge in [-0.3, -0.25) is 4.79 Å². The molecule has 1 fully saturated rings. The normalized spacial score (nSPS) is 14.9. The number of rotatable bonds is 11. The van der Waals surface area contributed by atoms with E-state index in [1.165, 1.54) is 11.8 Å². The molecule has 0 bridgehead atoms. The summed E-state index contributed by atoms with van der Waals surface area (Å²) in [7, 11) is 0. The molecule has 1 saturated heterocycles. The van der Waals surface area contributed by atoms with Crippen molar-refractivity contribution in [2.75, 3.05) is 25.1 Å². The predicted molar refractivity (Wildman–Crippen MR) is 186 cm³/mol. The predicted octanol–water partition coefficient (Wildman–Crippen LogP) is 6.39. The Balaban J connectivity index is 0.00000576. The molecule has 10 heteroatoms. The number of aliphatic carboxylic acids is 1. The van der Waals surface area contributed by atoms with E-state index in [2.05, 4.69) is 17.4 Å². The Bertz CT molecular complexity index is 1490. The van der Waals surface area contributed by atoms with Crippen molar-refractivity contribution in [1.29, 1.82) is 0 Å². The Labute approximate surface area is 288 Å². The number of carbonyl (C=O) groups is 3. The first-order chi connectivity index (χ1) is 21.4. The first-order valence-electron chi connectivity index (χ1n) is 15.3. The molecule has 1 heterocycles. The maximum atomic E-state index is 13.5. The average molecular weight is 641 g/mol. The number of likely N-dealkylation sites (tertiary alicyclic amines) is 1. The van der Waals surface area contributed by atoms with E-state index in [0.29, 0.717) is 49.2 Å². The van der Waals surface area contributed by atoms with Crippen molar-refractivity contribution >= 4 is 48.6 Å². The Morgan fingerprint density at radius 3 is 2.24 bits per heavy atom. The van der Waals surface area contributed by atoms with Crippen LogP contribution in [0.5, 0.6) is 0 Å². The van der Waals surface area contributed by atoms with Crippen LogP contribution in [-0.2, 0) is 26.5 Å². The first-order valence-corrected chi connectivity index (χ1v) is 16.7. The summed E-state index contributed by atoms with van der Waals surface area (Å²) in [5, 5.41) is 12.4. The van der Waals surface area contributed by atoms with Gasteiger partial charge < -0.3 is 24.8 Å². The van der Waals surface area contributed by atoms with Crippen LogP contribution in [0.2, 0.25) is 0 Å². The quantitative estimate of drug-likeness (QED) is 0.234. The van der Waals surface area contributed by atoms with E-state index in [1.807, 2.05) is 88.5 Å². The molecule has 2 N–H and O–H groups in total. The fraction of sp³-hybridized carbons (Fsp3) is 0.417. The van der Waals surface area contributed by atoms with Crippen LogP contribution < -0.4 is 5.32 Å². The summed E-state index contributed by atoms with van der Waals surface area (Å²) in [6.07, 6.45) is 3.13. The van der Waals surface area contributed by atoms with Gasteiger partial charge in [-0.1, -0.05) is 60.7 Å². The number of amides is 2. The molecule has 0 spiro atoms. The molecule has 0 aliphatic carbocycles. The van der Waals surface area contributed by atoms with Crippen molar-refractivity contribution in [3.05, 3.63) is 95.1 Å². The number of nitrogens with one attached hydrogen (secondary N) is 1. The van der Waals surface area contributed by atoms with Gasteiger partial charge in [0.15, 0.2) is 0 Å². The van der Waals surface area contributed by atoms with Crippen molar-refractivity contribution in [1.82, 2.24) is 10.2 Å². The summed E-state index contributed by atoms with van der Waals surface area (Å²) >= 11 is 1.54. The van der Waals surface area contributed by atoms with Crippen molar-refractivity contribution in [2.24, 2.45) is 0 Å². The summed E-state index contributed by atoms with van der Waals surface area (Å²) in [5.41, 5.74) is 3.77. The molecule has 0 radical (unpaired) electrons. The molecule has 1 aliphatic heterocycles. The van der Waals surface area contributed by atoms with E-state index in [9.17, 15) is 19.5 Å². The van der Waals surface area contributed by atoms with E-state index in [0.717, 1.165) is 22.3 Å². The van der Waals surface area contributed by atoms with Gasteiger partial charge in [-0.05, 0) is 98.9 Å². The Hall–Kier alpha value is -3.22. The van der Waals surface area contributed by atoms with Gasteiger partial charge in [0.25, 0.3) is 5.91 Å². The number of ether oxygens (including phenoxy) is 2. The molecule has 3 aromatic rings. The van der Waals surface area contributed by atoms with Gasteiger partial charge in [-0.25, -0.2) is 9.59 Å². The fourth-order valence-electron chi connectivity index (χ4n) is 5.56. The van der Waals surface area contributed by atoms with Gasteiger partial charge >= 0.3 is 30.9 Å². The molecular formula is C36H45LiN2O6S. The zero-order valence-electron chi connectivity index (χ0n) is 26.8. The van der Waals surface area contributed by atoms with Gasteiger partial charge in [0.05, 0.1) is 12.2 Å². The number of thioether (sulfide) groups is 1. The molecule has 0 saturated carbocycles. The van der Waals surface area contributed by atoms with Gasteiger partial charge in [0.2, 0.25) is 0 Å². The Morgan fingerprint density at radius 1 is 0.978 bits per heavy atom. The number of hydrogen-bond acceptors (Lipinski definition) is 6. The van der Waals surface area contributed by atoms with Crippen molar-refractivity contribution < 1.29 is 29.0 Å². The van der Waals surface area contributed by atoms with E-state index in [-0.39, 0.29) is 31.6 Å². The Kier molecular flexibility index (Phi) is 13.4. The van der Waals surface area contributed by atoms with Gasteiger partial charge in [-0.15, -0.1) is 0 Å². The molecule has 8 nitrogen and oxygen atoms in total. The number of carboxylic acids is 1. The van der Waals surface area contributed by atoms with E-state index < -0.39 is 29.1 Å². The van der Waals surface area contributed by atoms with Crippen LogP contribution in [0, 0.1) is 6.92 Å². The number of piperidine rings is 1. The maximum absolute atomic E-state index is 13.5. The zero-order chi connectivity index (χ0) is 32.6. The monoisotopic (exact) mass is 640 g/mol. The molecule has 3 aromatic carbocycles. The second-order valence-electron chi connectivity index (χ2n) is 12.5. The van der Waals surface area contributed by atoms with E-state index in [4.69, 9.17) is 9.47 Å². The van der Waals surface area contributed by atoms with Crippen LogP contribution in [0.15, 0.2) is 72.8 Å². The van der Waals surface area contributed by atoms with E-state index >= 15 is 0 Å². The molecule has 1 aliphatic rings. The molecule has 46 heavy (non-hydrogen) atoms. The second-order valence-corrected chi connectivity index (χ2v) is 13.4. The Morgan fingerprint density at radius 2 is 1.63 bits per heavy atom. The number of carboxylic acid groups (broad SMARTS) is 1. The number of carbonyl (C=O) groups excluding carboxylic acids is 2. The number of aryl methyl sites for hydroxylation is 1. The summed E-state index contributed by atoms with van der Waals surface area (Å²) in [6.45, 7) is 8.86. The summed E-state index contributed by atoms with van der Waals surface area (Å²) < 4.78 is 12.4. The van der Waals surface area contributed by atoms with Crippen LogP contribution in [0.25, 0.3) is 11.1 Å². The summed E-state index contributed by atoms with van der Waals surface area (Å²) in [5.74, 6) is -0.857. The van der Waals surface area contributed by atoms with Gasteiger partial charge in [0.1, 0.15) is 11.6 Å². The average Bonchev–Trinajstić information content (AvgIpc) is 3.01. The minimum atomic E-state index is -1.05. The third-order valence-electron chi connectivity index (χ3n) is 8.02. The molecule has 242 valence electrons. The van der Waals surface area contributed by atoms with Crippen LogP contribution in [0.1, 0.15) is 67.1 Å². The summed E-state index contributed by atoms with van der Waals surface area (Å²) in [6, 6.07) is 22.5. The number of hydrogen-bond donors (Lipinski definition) is 2. The standard InChI is InChI=1S/C36H44N2O6S.Li.H/c1-25-11-9-10-14-28(25)30-23-26(15-16-29(30)32(39)37-31(33(40)41)17-22-45-5)24-43-36(27-12-7-6-8-13-27)18-20-38(21-19-36)34(42)44-35(2,3)4;;/h6-16,23,31H,17-22,24H2,1-5H3,(H,37,39)(H,40,41);;. The molecular weight excluding hydrogens is 595 g/mol. The van der Waals surface area contributed by atoms with Crippen LogP contribution in [0.4, 0.5) is 4.79 Å². The van der Waals surface area contributed by atoms with Gasteiger partial charge in [-0.2, -0.15) is 11.8 Å². The van der Waals surface area contributed by atoms with Crippen molar-refractivity contribution in [3.8, 4) is 11.1 Å². The minimum absolute atomic E-state index is 0. The summed E-state index contributed by atoms with van der Waals surface area (Å²) in [4.78, 5) is 39.9. The molecule has 0 aromatic heterocycles. The van der Waals surface area contributed by atoms with Crippen molar-refractivity contribution in [2.45, 2.75) is 70.8 Å². The number of nitrogens with zero attached hydrogens (tertiary/aromatic N) is 1. The van der Waals surface area contributed by atoms with Crippen LogP contribution in [-0.4, -0.2) is 83.6 Å². The molecule has 4 rings (SSSR count). The first kappa shape index (κ1) is 37.2. The SMILES string of the molecule is CSCCC(NC(=O)c1ccc(COC2(c3ccccc3)CCN(C(=O)OC(C)(C)C)CC2)cc1-c1ccccc1C)C(=O)O.[LiH]. The van der Waals surface area contributed by atoms with E-state index in [1.54, 1.807) is 11.0 Å². The zero-order valence-corrected chi connectivity index (χ0v) is 27.6. The van der Waals surface area contributed by atoms with Crippen molar-refractivity contribution in [3.63, 3.8) is 0 Å². The van der Waals surface area contributed by atoms with Crippen LogP contribution in [0.3, 0.4) is 0 Å². The van der Waals surface area contributed by atoms with Gasteiger partial charge in [0, 0.05) is 18.7 Å². The third kappa shape index (κ3) is 9.65. The molecule has 1 atom stereocenters. The van der Waals surface area contributed by atoms with Crippen LogP contribution >= 0.6 is 11.8 Å². The third-order valence-corrected chi connectivity index (χ3v) is 8.66. The molecule has 2 amide bonds. The number of benzene rings is 3. The second kappa shape index (κ2) is 16.6. The fourth-order valence-corrected chi connectivity index (χ4v) is 6.03.